The molecule has 2 heterocycles. The summed E-state index contributed by atoms with van der Waals surface area (Å²) in [6.45, 7) is 6.18. The lowest BCUT2D eigenvalue weighted by molar-refractivity contribution is -0.122. The highest BCUT2D eigenvalue weighted by Crippen LogP contribution is 2.22. The lowest BCUT2D eigenvalue weighted by Crippen LogP contribution is -2.41. The van der Waals surface area contributed by atoms with Crippen LogP contribution in [0, 0.1) is 5.92 Å². The third-order valence-corrected chi connectivity index (χ3v) is 5.92. The highest BCUT2D eigenvalue weighted by Gasteiger charge is 2.23. The standard InChI is InChI=1S/C21H28N2OS/c1-2-20(18-9-4-3-5-10-18)21(24)22-14-17-8-6-12-23(15-17)16-19-11-7-13-25-19/h3-5,7,9-11,13,17,20H,2,6,8,12,14-16H2,1H3,(H,22,24). The normalized spacial score (nSPS) is 19.5. The number of nitrogens with one attached hydrogen (secondary N) is 1. The molecule has 1 aromatic carbocycles. The van der Waals surface area contributed by atoms with E-state index < -0.39 is 0 Å². The van der Waals surface area contributed by atoms with Crippen molar-refractivity contribution in [3.05, 3.63) is 58.3 Å². The molecule has 3 rings (SSSR count). The molecule has 0 radical (unpaired) electrons. The Hall–Kier alpha value is -1.65. The van der Waals surface area contributed by atoms with Crippen LogP contribution in [0.3, 0.4) is 0 Å². The fourth-order valence-electron chi connectivity index (χ4n) is 3.71. The van der Waals surface area contributed by atoms with Crippen LogP contribution in [-0.2, 0) is 11.3 Å². The Morgan fingerprint density at radius 1 is 1.28 bits per heavy atom. The van der Waals surface area contributed by atoms with E-state index in [1.165, 1.54) is 24.3 Å². The van der Waals surface area contributed by atoms with Gasteiger partial charge in [-0.2, -0.15) is 0 Å². The third-order valence-electron chi connectivity index (χ3n) is 5.05. The van der Waals surface area contributed by atoms with Crippen molar-refractivity contribution in [1.29, 1.82) is 0 Å². The molecule has 2 atom stereocenters. The molecule has 2 aromatic rings. The lowest BCUT2D eigenvalue weighted by atomic mass is 9.94. The van der Waals surface area contributed by atoms with Crippen molar-refractivity contribution in [1.82, 2.24) is 10.2 Å². The molecule has 0 bridgehead atoms. The molecule has 1 fully saturated rings. The van der Waals surface area contributed by atoms with Crippen LogP contribution in [0.4, 0.5) is 0 Å². The monoisotopic (exact) mass is 356 g/mol. The van der Waals surface area contributed by atoms with Crippen LogP contribution in [0.25, 0.3) is 0 Å². The lowest BCUT2D eigenvalue weighted by Gasteiger charge is -2.32. The maximum absolute atomic E-state index is 12.6. The molecule has 0 spiro atoms. The van der Waals surface area contributed by atoms with E-state index in [0.717, 1.165) is 31.6 Å². The molecule has 1 aliphatic heterocycles. The number of rotatable bonds is 7. The number of thiophene rings is 1. The SMILES string of the molecule is CCC(C(=O)NCC1CCCN(Cc2cccs2)C1)c1ccccc1. The van der Waals surface area contributed by atoms with E-state index >= 15 is 0 Å². The van der Waals surface area contributed by atoms with Gasteiger partial charge in [0.25, 0.3) is 0 Å². The van der Waals surface area contributed by atoms with Gasteiger partial charge in [0.1, 0.15) is 0 Å². The molecule has 134 valence electrons. The van der Waals surface area contributed by atoms with E-state index in [9.17, 15) is 4.79 Å². The Balaban J connectivity index is 1.49. The van der Waals surface area contributed by atoms with Crippen LogP contribution in [0.5, 0.6) is 0 Å². The van der Waals surface area contributed by atoms with Gasteiger partial charge in [0.15, 0.2) is 0 Å². The zero-order valence-corrected chi connectivity index (χ0v) is 15.8. The number of hydrogen-bond donors (Lipinski definition) is 1. The zero-order chi connectivity index (χ0) is 17.5. The first-order valence-corrected chi connectivity index (χ1v) is 10.2. The Morgan fingerprint density at radius 3 is 2.84 bits per heavy atom. The van der Waals surface area contributed by atoms with Gasteiger partial charge >= 0.3 is 0 Å². The second kappa shape index (κ2) is 9.16. The second-order valence-corrected chi connectivity index (χ2v) is 7.97. The van der Waals surface area contributed by atoms with Crippen molar-refractivity contribution >= 4 is 17.2 Å². The van der Waals surface area contributed by atoms with Gasteiger partial charge in [0.05, 0.1) is 5.92 Å². The summed E-state index contributed by atoms with van der Waals surface area (Å²) in [5, 5.41) is 5.36. The molecule has 1 aromatic heterocycles. The van der Waals surface area contributed by atoms with Gasteiger partial charge in [-0.1, -0.05) is 43.3 Å². The average molecular weight is 357 g/mol. The Kier molecular flexibility index (Phi) is 6.65. The number of benzene rings is 1. The van der Waals surface area contributed by atoms with Crippen molar-refractivity contribution in [2.45, 2.75) is 38.6 Å². The molecule has 1 N–H and O–H groups in total. The molecule has 1 aliphatic rings. The molecular weight excluding hydrogens is 328 g/mol. The van der Waals surface area contributed by atoms with E-state index in [1.54, 1.807) is 0 Å². The minimum atomic E-state index is -0.0352. The Morgan fingerprint density at radius 2 is 2.12 bits per heavy atom. The molecule has 1 amide bonds. The van der Waals surface area contributed by atoms with Crippen molar-refractivity contribution < 1.29 is 4.79 Å². The molecule has 2 unspecified atom stereocenters. The van der Waals surface area contributed by atoms with E-state index in [4.69, 9.17) is 0 Å². The fraction of sp³-hybridized carbons (Fsp3) is 0.476. The number of nitrogens with zero attached hydrogens (tertiary/aromatic N) is 1. The quantitative estimate of drug-likeness (QED) is 0.803. The van der Waals surface area contributed by atoms with Gasteiger partial charge in [-0.3, -0.25) is 9.69 Å². The van der Waals surface area contributed by atoms with Crippen LogP contribution < -0.4 is 5.32 Å². The smallest absolute Gasteiger partial charge is 0.227 e. The van der Waals surface area contributed by atoms with Gasteiger partial charge in [-0.25, -0.2) is 0 Å². The number of carbonyl (C=O) groups is 1. The summed E-state index contributed by atoms with van der Waals surface area (Å²) in [6.07, 6.45) is 3.27. The van der Waals surface area contributed by atoms with Crippen molar-refractivity contribution in [3.63, 3.8) is 0 Å². The van der Waals surface area contributed by atoms with Crippen LogP contribution in [0.1, 0.15) is 42.5 Å². The zero-order valence-electron chi connectivity index (χ0n) is 15.0. The molecule has 4 heteroatoms. The van der Waals surface area contributed by atoms with E-state index in [-0.39, 0.29) is 11.8 Å². The second-order valence-electron chi connectivity index (χ2n) is 6.94. The Bertz CT molecular complexity index is 641. The van der Waals surface area contributed by atoms with Crippen LogP contribution >= 0.6 is 11.3 Å². The van der Waals surface area contributed by atoms with Crippen molar-refractivity contribution in [2.75, 3.05) is 19.6 Å². The van der Waals surface area contributed by atoms with Crippen molar-refractivity contribution in [3.8, 4) is 0 Å². The maximum Gasteiger partial charge on any atom is 0.227 e. The van der Waals surface area contributed by atoms with Crippen LogP contribution in [0.15, 0.2) is 47.8 Å². The predicted octanol–water partition coefficient (Wildman–Crippen LogP) is 4.27. The van der Waals surface area contributed by atoms with Gasteiger partial charge in [-0.15, -0.1) is 11.3 Å². The van der Waals surface area contributed by atoms with Crippen LogP contribution in [0.2, 0.25) is 0 Å². The number of hydrogen-bond acceptors (Lipinski definition) is 3. The van der Waals surface area contributed by atoms with E-state index in [0.29, 0.717) is 5.92 Å². The Labute approximate surface area is 155 Å². The van der Waals surface area contributed by atoms with Crippen molar-refractivity contribution in [2.24, 2.45) is 5.92 Å². The summed E-state index contributed by atoms with van der Waals surface area (Å²) in [4.78, 5) is 16.6. The first-order valence-electron chi connectivity index (χ1n) is 9.33. The first kappa shape index (κ1) is 18.2. The summed E-state index contributed by atoms with van der Waals surface area (Å²) >= 11 is 1.83. The van der Waals surface area contributed by atoms with E-state index in [1.807, 2.05) is 29.5 Å². The third kappa shape index (κ3) is 5.16. The minimum absolute atomic E-state index is 0.0352. The number of likely N-dealkylation sites (tertiary alicyclic amines) is 1. The predicted molar refractivity (Wildman–Crippen MR) is 105 cm³/mol. The van der Waals surface area contributed by atoms with E-state index in [2.05, 4.69) is 46.8 Å². The first-order chi connectivity index (χ1) is 12.3. The summed E-state index contributed by atoms with van der Waals surface area (Å²) in [7, 11) is 0. The van der Waals surface area contributed by atoms with Gasteiger partial charge in [0, 0.05) is 24.5 Å². The van der Waals surface area contributed by atoms with Gasteiger partial charge in [-0.05, 0) is 48.7 Å². The number of piperidine rings is 1. The summed E-state index contributed by atoms with van der Waals surface area (Å²) in [5.41, 5.74) is 1.12. The molecule has 0 saturated carbocycles. The number of amides is 1. The summed E-state index contributed by atoms with van der Waals surface area (Å²) in [6, 6.07) is 14.5. The number of carbonyl (C=O) groups excluding carboxylic acids is 1. The molecule has 1 saturated heterocycles. The molecular formula is C21H28N2OS. The maximum atomic E-state index is 12.6. The summed E-state index contributed by atoms with van der Waals surface area (Å²) < 4.78 is 0. The van der Waals surface area contributed by atoms with Gasteiger partial charge in [0.2, 0.25) is 5.91 Å². The van der Waals surface area contributed by atoms with Crippen LogP contribution in [-0.4, -0.2) is 30.4 Å². The highest BCUT2D eigenvalue weighted by atomic mass is 32.1. The fourth-order valence-corrected chi connectivity index (χ4v) is 4.46. The topological polar surface area (TPSA) is 32.3 Å². The van der Waals surface area contributed by atoms with Gasteiger partial charge < -0.3 is 5.32 Å². The molecule has 0 aliphatic carbocycles. The molecule has 25 heavy (non-hydrogen) atoms. The largest absolute Gasteiger partial charge is 0.355 e. The summed E-state index contributed by atoms with van der Waals surface area (Å²) in [5.74, 6) is 0.696. The highest BCUT2D eigenvalue weighted by molar-refractivity contribution is 7.09. The minimum Gasteiger partial charge on any atom is -0.355 e. The average Bonchev–Trinajstić information content (AvgIpc) is 3.15. The molecule has 3 nitrogen and oxygen atoms in total.